The van der Waals surface area contributed by atoms with Crippen molar-refractivity contribution in [3.8, 4) is 11.6 Å². The van der Waals surface area contributed by atoms with E-state index in [0.29, 0.717) is 36.6 Å². The molecule has 46 heavy (non-hydrogen) atoms. The summed E-state index contributed by atoms with van der Waals surface area (Å²) in [4.78, 5) is 51.5. The van der Waals surface area contributed by atoms with Crippen LogP contribution in [-0.4, -0.2) is 99.0 Å². The molecule has 3 aliphatic rings. The molecule has 242 valence electrons. The van der Waals surface area contributed by atoms with Crippen LogP contribution in [0, 0.1) is 17.2 Å². The van der Waals surface area contributed by atoms with Crippen LogP contribution in [0.2, 0.25) is 0 Å². The highest BCUT2D eigenvalue weighted by atomic mass is 19.1. The number of hydrogen-bond acceptors (Lipinski definition) is 9. The molecule has 3 amide bonds. The highest BCUT2D eigenvalue weighted by Gasteiger charge is 2.51. The van der Waals surface area contributed by atoms with E-state index in [1.54, 1.807) is 29.2 Å². The molecule has 2 saturated heterocycles. The number of halogens is 1. The summed E-state index contributed by atoms with van der Waals surface area (Å²) in [5.41, 5.74) is 1.06. The molecule has 3 aliphatic heterocycles. The molecule has 0 bridgehead atoms. The van der Waals surface area contributed by atoms with Gasteiger partial charge in [-0.2, -0.15) is 0 Å². The van der Waals surface area contributed by atoms with Gasteiger partial charge in [-0.15, -0.1) is 10.2 Å². The molecular weight excluding hydrogens is 589 g/mol. The molecule has 3 aromatic rings. The standard InChI is InChI=1S/C34H40FN7O4/c1-6-41(22(4)5)33(45)26-15-23(35)11-12-28(26)46-30-29(36-20-37-38-30)39-14-13-34(17-39)18-40(19-34)27(21(2)3)16-42-31(43)24-9-7-8-10-25(24)32(42)44/h7-12,15,20-22,27H,6,13-14,16-19H2,1-5H3. The molecule has 4 heterocycles. The van der Waals surface area contributed by atoms with E-state index in [2.05, 4.69) is 38.8 Å². The van der Waals surface area contributed by atoms with Gasteiger partial charge >= 0.3 is 0 Å². The Labute approximate surface area is 268 Å². The number of benzene rings is 2. The maximum Gasteiger partial charge on any atom is 0.282 e. The average Bonchev–Trinajstić information content (AvgIpc) is 3.56. The first-order chi connectivity index (χ1) is 22.0. The topological polar surface area (TPSA) is 112 Å². The van der Waals surface area contributed by atoms with Gasteiger partial charge < -0.3 is 14.5 Å². The third-order valence-electron chi connectivity index (χ3n) is 9.48. The molecule has 12 heteroatoms. The molecule has 1 aromatic heterocycles. The molecule has 1 atom stereocenters. The molecule has 2 aromatic carbocycles. The molecule has 0 saturated carbocycles. The SMILES string of the molecule is CCN(C(=O)c1cc(F)ccc1Oc1nncnc1N1CCC2(C1)CN(C(CN1C(=O)c3ccccc3C1=O)C(C)C)C2)C(C)C. The fourth-order valence-electron chi connectivity index (χ4n) is 7.07. The summed E-state index contributed by atoms with van der Waals surface area (Å²) < 4.78 is 20.5. The lowest BCUT2D eigenvalue weighted by molar-refractivity contribution is -0.0369. The van der Waals surface area contributed by atoms with Crippen LogP contribution in [-0.2, 0) is 0 Å². The molecule has 2 fully saturated rings. The van der Waals surface area contributed by atoms with Crippen molar-refractivity contribution in [3.63, 3.8) is 0 Å². The Hall–Kier alpha value is -4.45. The second kappa shape index (κ2) is 12.4. The van der Waals surface area contributed by atoms with Crippen LogP contribution in [0.4, 0.5) is 10.2 Å². The van der Waals surface area contributed by atoms with Crippen molar-refractivity contribution >= 4 is 23.5 Å². The highest BCUT2D eigenvalue weighted by Crippen LogP contribution is 2.44. The summed E-state index contributed by atoms with van der Waals surface area (Å²) in [5.74, 6) is -0.245. The van der Waals surface area contributed by atoms with E-state index in [4.69, 9.17) is 4.74 Å². The van der Waals surface area contributed by atoms with Crippen LogP contribution in [0.25, 0.3) is 0 Å². The number of nitrogens with zero attached hydrogens (tertiary/aromatic N) is 7. The van der Waals surface area contributed by atoms with E-state index in [9.17, 15) is 18.8 Å². The zero-order valence-corrected chi connectivity index (χ0v) is 26.9. The fraction of sp³-hybridized carbons (Fsp3) is 0.471. The lowest BCUT2D eigenvalue weighted by Gasteiger charge is -2.53. The molecule has 0 N–H and O–H groups in total. The molecule has 1 unspecified atom stereocenters. The zero-order valence-electron chi connectivity index (χ0n) is 26.9. The summed E-state index contributed by atoms with van der Waals surface area (Å²) in [7, 11) is 0. The van der Waals surface area contributed by atoms with Gasteiger partial charge in [-0.1, -0.05) is 26.0 Å². The first-order valence-electron chi connectivity index (χ1n) is 15.9. The molecule has 0 radical (unpaired) electrons. The molecule has 1 spiro atoms. The number of aromatic nitrogens is 3. The van der Waals surface area contributed by atoms with E-state index >= 15 is 0 Å². The maximum absolute atomic E-state index is 14.3. The van der Waals surface area contributed by atoms with Crippen molar-refractivity contribution in [3.05, 3.63) is 71.3 Å². The van der Waals surface area contributed by atoms with Crippen molar-refractivity contribution in [1.29, 1.82) is 0 Å². The molecular formula is C34H40FN7O4. The lowest BCUT2D eigenvalue weighted by atomic mass is 9.77. The minimum Gasteiger partial charge on any atom is -0.434 e. The number of amides is 3. The summed E-state index contributed by atoms with van der Waals surface area (Å²) in [6.07, 6.45) is 2.29. The van der Waals surface area contributed by atoms with Gasteiger partial charge in [-0.25, -0.2) is 9.37 Å². The molecule has 11 nitrogen and oxygen atoms in total. The van der Waals surface area contributed by atoms with Crippen LogP contribution in [0.1, 0.15) is 72.1 Å². The Balaban J connectivity index is 1.15. The van der Waals surface area contributed by atoms with Crippen molar-refractivity contribution in [2.24, 2.45) is 11.3 Å². The van der Waals surface area contributed by atoms with E-state index in [1.165, 1.54) is 29.4 Å². The summed E-state index contributed by atoms with van der Waals surface area (Å²) >= 11 is 0. The Morgan fingerprint density at radius 3 is 2.37 bits per heavy atom. The third kappa shape index (κ3) is 5.70. The summed E-state index contributed by atoms with van der Waals surface area (Å²) in [6.45, 7) is 13.8. The van der Waals surface area contributed by atoms with E-state index in [-0.39, 0.29) is 58.3 Å². The number of hydrogen-bond donors (Lipinski definition) is 0. The smallest absolute Gasteiger partial charge is 0.282 e. The first kappa shape index (κ1) is 31.5. The molecule has 0 aliphatic carbocycles. The van der Waals surface area contributed by atoms with Crippen LogP contribution in [0.3, 0.4) is 0 Å². The second-order valence-corrected chi connectivity index (χ2v) is 13.2. The Morgan fingerprint density at radius 1 is 1.04 bits per heavy atom. The van der Waals surface area contributed by atoms with E-state index in [0.717, 1.165) is 26.1 Å². The quantitative estimate of drug-likeness (QED) is 0.299. The van der Waals surface area contributed by atoms with Gasteiger partial charge in [0.2, 0.25) is 0 Å². The van der Waals surface area contributed by atoms with Crippen LogP contribution >= 0.6 is 0 Å². The van der Waals surface area contributed by atoms with E-state index in [1.807, 2.05) is 20.8 Å². The van der Waals surface area contributed by atoms with Crippen LogP contribution < -0.4 is 9.64 Å². The zero-order chi connectivity index (χ0) is 32.7. The highest BCUT2D eigenvalue weighted by molar-refractivity contribution is 6.21. The number of carbonyl (C=O) groups excluding carboxylic acids is 3. The van der Waals surface area contributed by atoms with Gasteiger partial charge in [0.25, 0.3) is 23.6 Å². The summed E-state index contributed by atoms with van der Waals surface area (Å²) in [6, 6.07) is 10.8. The van der Waals surface area contributed by atoms with E-state index < -0.39 is 5.82 Å². The number of imide groups is 1. The largest absolute Gasteiger partial charge is 0.434 e. The van der Waals surface area contributed by atoms with Gasteiger partial charge in [0.05, 0.1) is 16.7 Å². The number of anilines is 1. The van der Waals surface area contributed by atoms with Gasteiger partial charge in [0, 0.05) is 56.8 Å². The number of likely N-dealkylation sites (tertiary alicyclic amines) is 1. The first-order valence-corrected chi connectivity index (χ1v) is 15.9. The second-order valence-electron chi connectivity index (χ2n) is 13.2. The van der Waals surface area contributed by atoms with Gasteiger partial charge in [-0.05, 0) is 63.4 Å². The van der Waals surface area contributed by atoms with Crippen LogP contribution in [0.15, 0.2) is 48.8 Å². The van der Waals surface area contributed by atoms with Crippen molar-refractivity contribution in [2.45, 2.75) is 53.1 Å². The normalized spacial score (nSPS) is 18.0. The minimum atomic E-state index is -0.535. The Kier molecular flexibility index (Phi) is 8.49. The number of carbonyl (C=O) groups is 3. The van der Waals surface area contributed by atoms with Crippen molar-refractivity contribution in [2.75, 3.05) is 44.2 Å². The Morgan fingerprint density at radius 2 is 1.74 bits per heavy atom. The van der Waals surface area contributed by atoms with Crippen LogP contribution in [0.5, 0.6) is 11.6 Å². The van der Waals surface area contributed by atoms with Gasteiger partial charge in [0.15, 0.2) is 5.82 Å². The number of rotatable bonds is 10. The van der Waals surface area contributed by atoms with Crippen molar-refractivity contribution < 1.29 is 23.5 Å². The summed E-state index contributed by atoms with van der Waals surface area (Å²) in [5, 5.41) is 8.15. The number of fused-ring (bicyclic) bond motifs is 1. The molecule has 6 rings (SSSR count). The van der Waals surface area contributed by atoms with Crippen molar-refractivity contribution in [1.82, 2.24) is 29.9 Å². The minimum absolute atomic E-state index is 0.00719. The average molecular weight is 630 g/mol. The number of ether oxygens (including phenoxy) is 1. The van der Waals surface area contributed by atoms with Gasteiger partial charge in [0.1, 0.15) is 17.9 Å². The van der Waals surface area contributed by atoms with Gasteiger partial charge in [-0.3, -0.25) is 24.2 Å². The maximum atomic E-state index is 14.3. The third-order valence-corrected chi connectivity index (χ3v) is 9.48. The monoisotopic (exact) mass is 629 g/mol. The predicted octanol–water partition coefficient (Wildman–Crippen LogP) is 4.51. The fourth-order valence-corrected chi connectivity index (χ4v) is 7.07. The Bertz CT molecular complexity index is 1620. The predicted molar refractivity (Wildman–Crippen MR) is 169 cm³/mol. The lowest BCUT2D eigenvalue weighted by Crippen LogP contribution is -2.64.